The van der Waals surface area contributed by atoms with Crippen LogP contribution in [0.25, 0.3) is 0 Å². The van der Waals surface area contributed by atoms with Gasteiger partial charge in [0.05, 0.1) is 6.10 Å². The number of piperidine rings is 1. The molecule has 0 aromatic heterocycles. The number of likely N-dealkylation sites (tertiary alicyclic amines) is 1. The van der Waals surface area contributed by atoms with Crippen molar-refractivity contribution < 1.29 is 4.74 Å². The van der Waals surface area contributed by atoms with E-state index < -0.39 is 0 Å². The van der Waals surface area contributed by atoms with E-state index in [1.807, 2.05) is 18.9 Å². The van der Waals surface area contributed by atoms with Crippen molar-refractivity contribution in [2.75, 3.05) is 32.5 Å². The molecular weight excluding hydrogens is 230 g/mol. The van der Waals surface area contributed by atoms with Crippen molar-refractivity contribution in [1.82, 2.24) is 4.90 Å². The van der Waals surface area contributed by atoms with E-state index in [1.54, 1.807) is 0 Å². The van der Waals surface area contributed by atoms with E-state index in [0.29, 0.717) is 6.10 Å². The molecule has 17 heavy (non-hydrogen) atoms. The highest BCUT2D eigenvalue weighted by molar-refractivity contribution is 7.99. The maximum atomic E-state index is 5.38. The van der Waals surface area contributed by atoms with Gasteiger partial charge in [0, 0.05) is 37.4 Å². The van der Waals surface area contributed by atoms with Crippen LogP contribution in [0, 0.1) is 0 Å². The van der Waals surface area contributed by atoms with Crippen LogP contribution in [0.5, 0.6) is 0 Å². The summed E-state index contributed by atoms with van der Waals surface area (Å²) in [6.07, 6.45) is 2.87. The summed E-state index contributed by atoms with van der Waals surface area (Å²) in [4.78, 5) is 3.92. The average Bonchev–Trinajstić information content (AvgIpc) is 2.41. The third-order valence-electron chi connectivity index (χ3n) is 3.29. The van der Waals surface area contributed by atoms with Crippen molar-refractivity contribution in [3.8, 4) is 0 Å². The average molecular weight is 251 g/mol. The van der Waals surface area contributed by atoms with E-state index >= 15 is 0 Å². The largest absolute Gasteiger partial charge is 0.381 e. The number of rotatable bonds is 5. The lowest BCUT2D eigenvalue weighted by Gasteiger charge is -2.30. The first kappa shape index (κ1) is 12.9. The lowest BCUT2D eigenvalue weighted by Crippen LogP contribution is -2.37. The first-order valence-corrected chi connectivity index (χ1v) is 7.30. The van der Waals surface area contributed by atoms with Gasteiger partial charge in [0.15, 0.2) is 0 Å². The van der Waals surface area contributed by atoms with Crippen LogP contribution in [-0.4, -0.2) is 43.5 Å². The predicted octanol–water partition coefficient (Wildman–Crippen LogP) is 2.89. The zero-order chi connectivity index (χ0) is 11.9. The molecule has 0 atom stereocenters. The Bertz CT molecular complexity index is 309. The SMILES string of the molecule is COC1CCN(CCSc2ccccc2)CC1. The lowest BCUT2D eigenvalue weighted by molar-refractivity contribution is 0.0430. The molecular formula is C14H21NOS. The Hall–Kier alpha value is -0.510. The summed E-state index contributed by atoms with van der Waals surface area (Å²) in [5, 5.41) is 0. The third kappa shape index (κ3) is 4.34. The van der Waals surface area contributed by atoms with E-state index in [2.05, 4.69) is 35.2 Å². The van der Waals surface area contributed by atoms with E-state index in [4.69, 9.17) is 4.74 Å². The van der Waals surface area contributed by atoms with Gasteiger partial charge in [-0.3, -0.25) is 0 Å². The van der Waals surface area contributed by atoms with Crippen LogP contribution in [0.2, 0.25) is 0 Å². The second kappa shape index (κ2) is 7.04. The minimum absolute atomic E-state index is 0.494. The van der Waals surface area contributed by atoms with E-state index in [1.165, 1.54) is 43.1 Å². The summed E-state index contributed by atoms with van der Waals surface area (Å²) in [7, 11) is 1.82. The monoisotopic (exact) mass is 251 g/mol. The van der Waals surface area contributed by atoms with Crippen LogP contribution in [0.1, 0.15) is 12.8 Å². The minimum Gasteiger partial charge on any atom is -0.381 e. The Labute approximate surface area is 108 Å². The van der Waals surface area contributed by atoms with E-state index in [0.717, 1.165) is 0 Å². The summed E-state index contributed by atoms with van der Waals surface area (Å²) in [5.41, 5.74) is 0. The molecule has 1 saturated heterocycles. The highest BCUT2D eigenvalue weighted by Gasteiger charge is 2.17. The molecule has 3 heteroatoms. The molecule has 0 bridgehead atoms. The molecule has 0 N–H and O–H groups in total. The summed E-state index contributed by atoms with van der Waals surface area (Å²) in [5.74, 6) is 1.18. The fourth-order valence-electron chi connectivity index (χ4n) is 2.18. The second-order valence-corrected chi connectivity index (χ2v) is 5.61. The Kier molecular flexibility index (Phi) is 5.36. The molecule has 0 amide bonds. The van der Waals surface area contributed by atoms with Gasteiger partial charge in [-0.25, -0.2) is 0 Å². The number of thioether (sulfide) groups is 1. The summed E-state index contributed by atoms with van der Waals surface area (Å²) in [6, 6.07) is 10.6. The van der Waals surface area contributed by atoms with Gasteiger partial charge in [0.25, 0.3) is 0 Å². The molecule has 0 unspecified atom stereocenters. The van der Waals surface area contributed by atoms with Gasteiger partial charge in [-0.15, -0.1) is 11.8 Å². The number of hydrogen-bond donors (Lipinski definition) is 0. The van der Waals surface area contributed by atoms with Gasteiger partial charge in [-0.2, -0.15) is 0 Å². The number of hydrogen-bond acceptors (Lipinski definition) is 3. The van der Waals surface area contributed by atoms with Gasteiger partial charge in [0.1, 0.15) is 0 Å². The summed E-state index contributed by atoms with van der Waals surface area (Å²) >= 11 is 1.95. The Balaban J connectivity index is 1.63. The van der Waals surface area contributed by atoms with Gasteiger partial charge in [0.2, 0.25) is 0 Å². The fraction of sp³-hybridized carbons (Fsp3) is 0.571. The standard InChI is InChI=1S/C14H21NOS/c1-16-13-7-9-15(10-8-13)11-12-17-14-5-3-2-4-6-14/h2-6,13H,7-12H2,1H3. The number of benzene rings is 1. The molecule has 1 heterocycles. The van der Waals surface area contributed by atoms with Gasteiger partial charge in [-0.1, -0.05) is 18.2 Å². The van der Waals surface area contributed by atoms with Crippen LogP contribution < -0.4 is 0 Å². The zero-order valence-corrected chi connectivity index (χ0v) is 11.3. The molecule has 1 fully saturated rings. The molecule has 0 spiro atoms. The first-order chi connectivity index (χ1) is 8.38. The molecule has 2 rings (SSSR count). The van der Waals surface area contributed by atoms with Crippen LogP contribution in [0.15, 0.2) is 35.2 Å². The molecule has 94 valence electrons. The molecule has 1 aliphatic rings. The van der Waals surface area contributed by atoms with Crippen molar-refractivity contribution in [2.24, 2.45) is 0 Å². The molecule has 0 aliphatic carbocycles. The second-order valence-electron chi connectivity index (χ2n) is 4.44. The molecule has 2 nitrogen and oxygen atoms in total. The van der Waals surface area contributed by atoms with Crippen LogP contribution in [0.3, 0.4) is 0 Å². The van der Waals surface area contributed by atoms with Crippen LogP contribution in [-0.2, 0) is 4.74 Å². The fourth-order valence-corrected chi connectivity index (χ4v) is 3.11. The van der Waals surface area contributed by atoms with Crippen LogP contribution in [0.4, 0.5) is 0 Å². The van der Waals surface area contributed by atoms with Crippen LogP contribution >= 0.6 is 11.8 Å². The first-order valence-electron chi connectivity index (χ1n) is 6.31. The number of ether oxygens (including phenoxy) is 1. The number of methoxy groups -OCH3 is 1. The van der Waals surface area contributed by atoms with Gasteiger partial charge in [-0.05, 0) is 25.0 Å². The highest BCUT2D eigenvalue weighted by Crippen LogP contribution is 2.18. The van der Waals surface area contributed by atoms with Crippen molar-refractivity contribution in [2.45, 2.75) is 23.8 Å². The Morgan fingerprint density at radius 3 is 2.59 bits per heavy atom. The normalized spacial score (nSPS) is 18.4. The predicted molar refractivity (Wildman–Crippen MR) is 73.6 cm³/mol. The van der Waals surface area contributed by atoms with E-state index in [-0.39, 0.29) is 0 Å². The van der Waals surface area contributed by atoms with Crippen molar-refractivity contribution in [3.05, 3.63) is 30.3 Å². The Morgan fingerprint density at radius 2 is 1.94 bits per heavy atom. The Morgan fingerprint density at radius 1 is 1.24 bits per heavy atom. The lowest BCUT2D eigenvalue weighted by atomic mass is 10.1. The smallest absolute Gasteiger partial charge is 0.0595 e. The summed E-state index contributed by atoms with van der Waals surface area (Å²) < 4.78 is 5.38. The zero-order valence-electron chi connectivity index (χ0n) is 10.5. The molecule has 0 saturated carbocycles. The highest BCUT2D eigenvalue weighted by atomic mass is 32.2. The summed E-state index contributed by atoms with van der Waals surface area (Å²) in [6.45, 7) is 3.57. The topological polar surface area (TPSA) is 12.5 Å². The third-order valence-corrected chi connectivity index (χ3v) is 4.28. The van der Waals surface area contributed by atoms with Crippen molar-refractivity contribution >= 4 is 11.8 Å². The van der Waals surface area contributed by atoms with E-state index in [9.17, 15) is 0 Å². The molecule has 1 aromatic rings. The molecule has 1 aromatic carbocycles. The number of nitrogens with zero attached hydrogens (tertiary/aromatic N) is 1. The quantitative estimate of drug-likeness (QED) is 0.747. The van der Waals surface area contributed by atoms with Gasteiger partial charge < -0.3 is 9.64 Å². The molecule has 1 aliphatic heterocycles. The van der Waals surface area contributed by atoms with Crippen molar-refractivity contribution in [3.63, 3.8) is 0 Å². The van der Waals surface area contributed by atoms with Gasteiger partial charge >= 0.3 is 0 Å². The maximum absolute atomic E-state index is 5.38. The van der Waals surface area contributed by atoms with Crippen molar-refractivity contribution in [1.29, 1.82) is 0 Å². The maximum Gasteiger partial charge on any atom is 0.0595 e. The minimum atomic E-state index is 0.494. The molecule has 0 radical (unpaired) electrons.